The monoisotopic (exact) mass is 586 g/mol. The predicted molar refractivity (Wildman–Crippen MR) is 193 cm³/mol. The summed E-state index contributed by atoms with van der Waals surface area (Å²) in [6.45, 7) is 33.0. The Balaban J connectivity index is 0. The number of aromatic nitrogens is 1. The number of hydrogen-bond donors (Lipinski definition) is 0. The van der Waals surface area contributed by atoms with Crippen molar-refractivity contribution in [3.63, 3.8) is 0 Å². The van der Waals surface area contributed by atoms with Gasteiger partial charge in [-0.15, -0.1) is 13.0 Å². The van der Waals surface area contributed by atoms with Gasteiger partial charge in [0.1, 0.15) is 5.82 Å². The van der Waals surface area contributed by atoms with Crippen LogP contribution in [0.15, 0.2) is 67.3 Å². The maximum absolute atomic E-state index is 12.8. The van der Waals surface area contributed by atoms with Gasteiger partial charge in [-0.3, -0.25) is 4.98 Å². The summed E-state index contributed by atoms with van der Waals surface area (Å²) in [7, 11) is 2.09. The second-order valence-electron chi connectivity index (χ2n) is 10.9. The molecule has 2 aromatic carbocycles. The molecule has 3 rings (SSSR count). The Labute approximate surface area is 265 Å². The molecular formula is C40H59FN2. The molecule has 0 aliphatic heterocycles. The van der Waals surface area contributed by atoms with E-state index in [2.05, 4.69) is 120 Å². The molecule has 0 fully saturated rings. The average molecular weight is 587 g/mol. The van der Waals surface area contributed by atoms with Crippen LogP contribution in [0.3, 0.4) is 0 Å². The van der Waals surface area contributed by atoms with Crippen molar-refractivity contribution in [2.75, 3.05) is 18.5 Å². The van der Waals surface area contributed by atoms with Crippen molar-refractivity contribution in [3.05, 3.63) is 112 Å². The fourth-order valence-corrected chi connectivity index (χ4v) is 3.64. The molecule has 0 saturated heterocycles. The maximum atomic E-state index is 12.8. The van der Waals surface area contributed by atoms with Gasteiger partial charge in [-0.1, -0.05) is 102 Å². The first kappa shape index (κ1) is 41.5. The zero-order chi connectivity index (χ0) is 33.7. The Bertz CT molecular complexity index is 1260. The lowest BCUT2D eigenvalue weighted by atomic mass is 9.90. The molecule has 0 bridgehead atoms. The lowest BCUT2D eigenvalue weighted by Crippen LogP contribution is -2.16. The van der Waals surface area contributed by atoms with Crippen molar-refractivity contribution in [1.82, 2.24) is 4.98 Å². The number of rotatable bonds is 6. The molecule has 1 aromatic heterocycles. The highest BCUT2D eigenvalue weighted by atomic mass is 19.1. The van der Waals surface area contributed by atoms with E-state index in [4.69, 9.17) is 6.42 Å². The van der Waals surface area contributed by atoms with Crippen LogP contribution in [0, 0.1) is 44.9 Å². The van der Waals surface area contributed by atoms with E-state index >= 15 is 0 Å². The molecule has 0 radical (unpaired) electrons. The van der Waals surface area contributed by atoms with Gasteiger partial charge in [0.2, 0.25) is 0 Å². The first-order chi connectivity index (χ1) is 20.2. The van der Waals surface area contributed by atoms with Crippen LogP contribution in [0.4, 0.5) is 10.1 Å². The van der Waals surface area contributed by atoms with E-state index in [1.165, 1.54) is 39.6 Å². The van der Waals surface area contributed by atoms with E-state index in [9.17, 15) is 4.39 Å². The van der Waals surface area contributed by atoms with Crippen molar-refractivity contribution < 1.29 is 4.39 Å². The Morgan fingerprint density at radius 2 is 1.51 bits per heavy atom. The van der Waals surface area contributed by atoms with Gasteiger partial charge in [0.25, 0.3) is 0 Å². The Morgan fingerprint density at radius 3 is 1.93 bits per heavy atom. The molecule has 1 atom stereocenters. The van der Waals surface area contributed by atoms with Gasteiger partial charge < -0.3 is 4.90 Å². The number of pyridine rings is 1. The fourth-order valence-electron chi connectivity index (χ4n) is 3.64. The fraction of sp³-hybridized carbons (Fsp3) is 0.425. The molecule has 1 unspecified atom stereocenters. The number of halogens is 1. The van der Waals surface area contributed by atoms with Gasteiger partial charge in [0, 0.05) is 24.8 Å². The quantitative estimate of drug-likeness (QED) is 0.211. The lowest BCUT2D eigenvalue weighted by molar-refractivity contribution is 0.535. The van der Waals surface area contributed by atoms with Crippen LogP contribution in [0.2, 0.25) is 0 Å². The Morgan fingerprint density at radius 1 is 0.977 bits per heavy atom. The number of aryl methyl sites for hydroxylation is 4. The van der Waals surface area contributed by atoms with Crippen LogP contribution >= 0.6 is 0 Å². The number of terminal acetylenes is 1. The summed E-state index contributed by atoms with van der Waals surface area (Å²) < 4.78 is 12.8. The number of hydrogen-bond acceptors (Lipinski definition) is 2. The summed E-state index contributed by atoms with van der Waals surface area (Å²) in [5.41, 5.74) is 9.42. The summed E-state index contributed by atoms with van der Waals surface area (Å²) >= 11 is 0. The Kier molecular flexibility index (Phi) is 22.1. The van der Waals surface area contributed by atoms with Gasteiger partial charge in [-0.2, -0.15) is 0 Å². The predicted octanol–water partition coefficient (Wildman–Crippen LogP) is 11.5. The van der Waals surface area contributed by atoms with E-state index in [1.54, 1.807) is 13.8 Å². The van der Waals surface area contributed by atoms with Crippen LogP contribution in [-0.4, -0.2) is 18.6 Å². The van der Waals surface area contributed by atoms with Crippen LogP contribution < -0.4 is 4.90 Å². The number of anilines is 1. The second-order valence-corrected chi connectivity index (χ2v) is 10.9. The summed E-state index contributed by atoms with van der Waals surface area (Å²) in [5, 5.41) is 0. The molecule has 0 amide bonds. The van der Waals surface area contributed by atoms with Crippen LogP contribution in [0.25, 0.3) is 6.08 Å². The topological polar surface area (TPSA) is 16.1 Å². The average Bonchev–Trinajstić information content (AvgIpc) is 2.99. The maximum Gasteiger partial charge on any atom is 0.145 e. The third-order valence-corrected chi connectivity index (χ3v) is 6.70. The Hall–Kier alpha value is -3.64. The third-order valence-electron chi connectivity index (χ3n) is 6.70. The van der Waals surface area contributed by atoms with Gasteiger partial charge in [0.15, 0.2) is 0 Å². The van der Waals surface area contributed by atoms with E-state index in [0.29, 0.717) is 22.9 Å². The van der Waals surface area contributed by atoms with E-state index < -0.39 is 0 Å². The van der Waals surface area contributed by atoms with Crippen LogP contribution in [-0.2, 0) is 6.42 Å². The van der Waals surface area contributed by atoms with E-state index in [-0.39, 0.29) is 5.82 Å². The smallest absolute Gasteiger partial charge is 0.145 e. The molecule has 2 nitrogen and oxygen atoms in total. The highest BCUT2D eigenvalue weighted by Crippen LogP contribution is 2.24. The molecule has 43 heavy (non-hydrogen) atoms. The molecular weight excluding hydrogens is 527 g/mol. The van der Waals surface area contributed by atoms with Crippen LogP contribution in [0.1, 0.15) is 107 Å². The SMILES string of the molecule is C#Cc1cc(F)c(C)nc1C.C=C(C)C.C=Cc1cc(C)ccc1N(C)CC.CC.CCc1ccc(C(C)C(C)C)cc1. The van der Waals surface area contributed by atoms with Crippen molar-refractivity contribution in [1.29, 1.82) is 0 Å². The molecule has 236 valence electrons. The molecule has 0 aliphatic carbocycles. The van der Waals surface area contributed by atoms with Crippen molar-refractivity contribution in [2.45, 2.75) is 95.4 Å². The molecule has 0 aliphatic rings. The zero-order valence-corrected chi connectivity index (χ0v) is 29.5. The molecule has 3 aromatic rings. The highest BCUT2D eigenvalue weighted by Gasteiger charge is 2.09. The minimum atomic E-state index is -0.344. The standard InChI is InChI=1S/C13H20.C12H17N.C9H8FN.C4H8.C2H6/c1-5-12-6-8-13(9-7-12)11(4)10(2)3;1-5-11-9-10(3)7-8-12(11)13(4)6-2;1-4-8-5-9(10)7(3)11-6(8)2;1-4(2)3;1-2/h6-11H,5H2,1-4H3;5,7-9H,1,6H2,2-4H3;1,5H,2-3H3;1H2,2-3H3;1-2H3. The zero-order valence-electron chi connectivity index (χ0n) is 29.5. The molecule has 0 saturated carbocycles. The molecule has 3 heteroatoms. The second kappa shape index (κ2) is 22.9. The lowest BCUT2D eigenvalue weighted by Gasteiger charge is -2.19. The number of allylic oxidation sites excluding steroid dienone is 1. The van der Waals surface area contributed by atoms with Gasteiger partial charge >= 0.3 is 0 Å². The number of benzene rings is 2. The van der Waals surface area contributed by atoms with E-state index in [1.807, 2.05) is 33.8 Å². The van der Waals surface area contributed by atoms with Crippen LogP contribution in [0.5, 0.6) is 0 Å². The molecule has 0 N–H and O–H groups in total. The van der Waals surface area contributed by atoms with E-state index in [0.717, 1.165) is 18.9 Å². The van der Waals surface area contributed by atoms with Gasteiger partial charge in [0.05, 0.1) is 11.4 Å². The first-order valence-corrected chi connectivity index (χ1v) is 15.5. The summed E-state index contributed by atoms with van der Waals surface area (Å²) in [4.78, 5) is 6.15. The third kappa shape index (κ3) is 16.5. The summed E-state index contributed by atoms with van der Waals surface area (Å²) in [6, 6.07) is 16.8. The van der Waals surface area contributed by atoms with Gasteiger partial charge in [-0.25, -0.2) is 4.39 Å². The summed E-state index contributed by atoms with van der Waals surface area (Å²) in [5.74, 6) is 3.42. The van der Waals surface area contributed by atoms with Crippen molar-refractivity contribution >= 4 is 11.8 Å². The number of nitrogens with zero attached hydrogens (tertiary/aromatic N) is 2. The minimum absolute atomic E-state index is 0.344. The molecule has 0 spiro atoms. The van der Waals surface area contributed by atoms with Crippen molar-refractivity contribution in [3.8, 4) is 12.3 Å². The van der Waals surface area contributed by atoms with Crippen molar-refractivity contribution in [2.24, 2.45) is 5.92 Å². The normalized spacial score (nSPS) is 10.1. The largest absolute Gasteiger partial charge is 0.374 e. The van der Waals surface area contributed by atoms with Gasteiger partial charge in [-0.05, 0) is 94.7 Å². The minimum Gasteiger partial charge on any atom is -0.374 e. The molecule has 1 heterocycles. The highest BCUT2D eigenvalue weighted by molar-refractivity contribution is 5.67. The summed E-state index contributed by atoms with van der Waals surface area (Å²) in [6.07, 6.45) is 8.16. The first-order valence-electron chi connectivity index (χ1n) is 15.5.